The van der Waals surface area contributed by atoms with Crippen molar-refractivity contribution in [1.82, 2.24) is 30.2 Å². The fourth-order valence-electron chi connectivity index (χ4n) is 8.38. The fourth-order valence-corrected chi connectivity index (χ4v) is 8.38. The smallest absolute Gasteiger partial charge is 0.324 e. The van der Waals surface area contributed by atoms with E-state index in [1.165, 1.54) is 17.0 Å². The van der Waals surface area contributed by atoms with Crippen LogP contribution in [0, 0.1) is 11.3 Å². The summed E-state index contributed by atoms with van der Waals surface area (Å²) in [6, 6.07) is 10.8. The van der Waals surface area contributed by atoms with Crippen LogP contribution in [0.1, 0.15) is 77.2 Å². The Morgan fingerprint density at radius 1 is 1.16 bits per heavy atom. The van der Waals surface area contributed by atoms with Gasteiger partial charge in [-0.3, -0.25) is 29.2 Å². The molecular weight excluding hydrogens is 725 g/mol. The molecule has 304 valence electrons. The van der Waals surface area contributed by atoms with Crippen LogP contribution in [0.5, 0.6) is 5.75 Å². The number of amides is 3. The molecule has 13 heteroatoms. The minimum absolute atomic E-state index is 0.0101. The van der Waals surface area contributed by atoms with Gasteiger partial charge in [0.05, 0.1) is 18.4 Å². The molecule has 0 spiro atoms. The summed E-state index contributed by atoms with van der Waals surface area (Å²) >= 11 is 0. The molecule has 2 aliphatic heterocycles. The molecule has 3 amide bonds. The number of likely N-dealkylation sites (N-methyl/N-ethyl adjacent to an activating group) is 1. The first kappa shape index (κ1) is 41.4. The number of pyridine rings is 1. The zero-order valence-corrected chi connectivity index (χ0v) is 34.3. The second-order valence-corrected chi connectivity index (χ2v) is 16.5. The molecule has 2 aliphatic rings. The Kier molecular flexibility index (Phi) is 12.4. The minimum Gasteiger partial charge on any atom is -0.508 e. The summed E-state index contributed by atoms with van der Waals surface area (Å²) < 4.78 is 14.2. The summed E-state index contributed by atoms with van der Waals surface area (Å²) in [4.78, 5) is 59.5. The molecule has 1 saturated heterocycles. The van der Waals surface area contributed by atoms with Gasteiger partial charge in [0.2, 0.25) is 12.3 Å². The largest absolute Gasteiger partial charge is 0.508 e. The summed E-state index contributed by atoms with van der Waals surface area (Å²) in [7, 11) is 3.22. The number of ether oxygens (including phenoxy) is 2. The van der Waals surface area contributed by atoms with Crippen molar-refractivity contribution < 1.29 is 33.8 Å². The monoisotopic (exact) mass is 780 g/mol. The van der Waals surface area contributed by atoms with Crippen LogP contribution in [0.3, 0.4) is 0 Å². The molecule has 57 heavy (non-hydrogen) atoms. The Morgan fingerprint density at radius 3 is 2.63 bits per heavy atom. The number of hydrogen-bond donors (Lipinski definition) is 3. The lowest BCUT2D eigenvalue weighted by molar-refractivity contribution is -0.155. The highest BCUT2D eigenvalue weighted by Gasteiger charge is 2.37. The zero-order chi connectivity index (χ0) is 41.2. The van der Waals surface area contributed by atoms with Crippen molar-refractivity contribution in [3.8, 4) is 28.1 Å². The summed E-state index contributed by atoms with van der Waals surface area (Å²) in [5, 5.41) is 16.5. The number of fused-ring (bicyclic) bond motifs is 6. The Labute approximate surface area is 334 Å². The summed E-state index contributed by atoms with van der Waals surface area (Å²) in [5.74, 6) is -1.62. The lowest BCUT2D eigenvalue weighted by Crippen LogP contribution is -2.61. The number of hydrogen-bond acceptors (Lipinski definition) is 9. The van der Waals surface area contributed by atoms with E-state index in [9.17, 15) is 24.3 Å². The Morgan fingerprint density at radius 2 is 1.93 bits per heavy atom. The Bertz CT molecular complexity index is 2140. The van der Waals surface area contributed by atoms with E-state index in [0.29, 0.717) is 44.3 Å². The Balaban J connectivity index is 1.54. The first-order chi connectivity index (χ1) is 27.2. The number of phenolic OH excluding ortho intramolecular Hbond substituents is 1. The molecule has 0 aliphatic carbocycles. The van der Waals surface area contributed by atoms with E-state index in [1.807, 2.05) is 45.2 Å². The number of phenols is 1. The average Bonchev–Trinajstić information content (AvgIpc) is 3.49. The summed E-state index contributed by atoms with van der Waals surface area (Å²) in [6.45, 7) is 13.1. The van der Waals surface area contributed by atoms with Crippen molar-refractivity contribution in [1.29, 1.82) is 0 Å². The lowest BCUT2D eigenvalue weighted by Gasteiger charge is -2.36. The van der Waals surface area contributed by atoms with Gasteiger partial charge in [-0.25, -0.2) is 5.43 Å². The van der Waals surface area contributed by atoms with Crippen molar-refractivity contribution in [3.05, 3.63) is 71.5 Å². The molecule has 4 aromatic rings. The van der Waals surface area contributed by atoms with Crippen LogP contribution in [-0.2, 0) is 48.0 Å². The van der Waals surface area contributed by atoms with Crippen molar-refractivity contribution in [2.75, 3.05) is 27.3 Å². The number of aromatic nitrogens is 2. The van der Waals surface area contributed by atoms with Gasteiger partial charge in [0.1, 0.15) is 23.9 Å². The van der Waals surface area contributed by atoms with E-state index in [0.717, 1.165) is 44.4 Å². The van der Waals surface area contributed by atoms with Gasteiger partial charge in [-0.15, -0.1) is 0 Å². The Hall–Kier alpha value is -5.27. The molecule has 3 N–H and O–H groups in total. The number of hydrazine groups is 1. The van der Waals surface area contributed by atoms with E-state index in [-0.39, 0.29) is 30.8 Å². The predicted octanol–water partition coefficient (Wildman–Crippen LogP) is 5.56. The van der Waals surface area contributed by atoms with Crippen LogP contribution in [0.15, 0.2) is 54.9 Å². The second kappa shape index (κ2) is 17.1. The number of esters is 1. The molecule has 13 nitrogen and oxygen atoms in total. The number of aryl methyl sites for hydroxylation is 1. The first-order valence-electron chi connectivity index (χ1n) is 19.8. The molecule has 6 rings (SSSR count). The molecule has 1 fully saturated rings. The van der Waals surface area contributed by atoms with E-state index >= 15 is 0 Å². The summed E-state index contributed by atoms with van der Waals surface area (Å²) in [5.41, 5.74) is 9.85. The van der Waals surface area contributed by atoms with Gasteiger partial charge >= 0.3 is 5.97 Å². The standard InChI is InChI=1S/C44H56N6O7/c1-9-49-38-13-12-29-21-33(38)34(40(49)35-23-45-15-14-32(35)27(4)56-8)22-44(5,6)24-57-43(55)36-11-10-16-50(47-36)42(54)37(19-28-17-30(29)20-31(52)18-28)46-41(53)39(26(2)3)48(7)25-51/h12-15,17-18,20-21,23,25-27,36-37,39,47,52H,9-11,16,19,22,24H2,1-8H3,(H,46,53)/t27-,36-,37-,39?/m0/s1. The molecule has 0 radical (unpaired) electrons. The molecule has 6 bridgehead atoms. The van der Waals surface area contributed by atoms with Crippen molar-refractivity contribution in [2.45, 2.75) is 98.0 Å². The number of methoxy groups -OCH3 is 1. The molecular formula is C44H56N6O7. The molecule has 0 saturated carbocycles. The number of carbonyl (C=O) groups is 4. The lowest BCUT2D eigenvalue weighted by atomic mass is 9.84. The maximum absolute atomic E-state index is 14.4. The quantitative estimate of drug-likeness (QED) is 0.146. The van der Waals surface area contributed by atoms with Gasteiger partial charge < -0.3 is 29.4 Å². The minimum atomic E-state index is -1.09. The van der Waals surface area contributed by atoms with Crippen LogP contribution < -0.4 is 10.7 Å². The van der Waals surface area contributed by atoms with E-state index in [4.69, 9.17) is 9.47 Å². The number of benzene rings is 2. The summed E-state index contributed by atoms with van der Waals surface area (Å²) in [6.07, 6.45) is 5.66. The van der Waals surface area contributed by atoms with Crippen LogP contribution in [0.4, 0.5) is 0 Å². The SMILES string of the molecule is CCn1c(-c2cnccc2[C@H](C)OC)c2c3cc(ccc31)-c1cc(O)cc(c1)C[C@H](NC(=O)C(C(C)C)N(C)C=O)C(=O)N1CCC[C@H](N1)C(=O)OCC(C)(C)C2. The van der Waals surface area contributed by atoms with Gasteiger partial charge in [0.25, 0.3) is 5.91 Å². The highest BCUT2D eigenvalue weighted by molar-refractivity contribution is 5.96. The number of nitrogens with zero attached hydrogens (tertiary/aromatic N) is 4. The van der Waals surface area contributed by atoms with Crippen LogP contribution >= 0.6 is 0 Å². The third kappa shape index (κ3) is 8.69. The third-order valence-electron chi connectivity index (χ3n) is 11.3. The van der Waals surface area contributed by atoms with Crippen LogP contribution in [0.2, 0.25) is 0 Å². The first-order valence-corrected chi connectivity index (χ1v) is 19.8. The van der Waals surface area contributed by atoms with Gasteiger partial charge in [0, 0.05) is 67.9 Å². The molecule has 2 aromatic heterocycles. The average molecular weight is 781 g/mol. The van der Waals surface area contributed by atoms with Crippen LogP contribution in [-0.4, -0.2) is 94.2 Å². The number of nitrogens with one attached hydrogen (secondary N) is 2. The topological polar surface area (TPSA) is 155 Å². The molecule has 4 heterocycles. The number of rotatable bonds is 9. The van der Waals surface area contributed by atoms with Crippen molar-refractivity contribution >= 4 is 35.1 Å². The maximum Gasteiger partial charge on any atom is 0.324 e. The van der Waals surface area contributed by atoms with E-state index < -0.39 is 41.3 Å². The number of cyclic esters (lactones) is 1. The van der Waals surface area contributed by atoms with Gasteiger partial charge in [-0.1, -0.05) is 39.8 Å². The van der Waals surface area contributed by atoms with E-state index in [1.54, 1.807) is 25.4 Å². The fraction of sp³-hybridized carbons (Fsp3) is 0.477. The highest BCUT2D eigenvalue weighted by atomic mass is 16.5. The number of aromatic hydroxyl groups is 1. The van der Waals surface area contributed by atoms with E-state index in [2.05, 4.69) is 53.2 Å². The zero-order valence-electron chi connectivity index (χ0n) is 34.3. The number of carbonyl (C=O) groups excluding carboxylic acids is 4. The van der Waals surface area contributed by atoms with Crippen molar-refractivity contribution in [2.24, 2.45) is 11.3 Å². The molecule has 4 atom stereocenters. The van der Waals surface area contributed by atoms with Gasteiger partial charge in [-0.05, 0) is 97.2 Å². The van der Waals surface area contributed by atoms with Crippen LogP contribution in [0.25, 0.3) is 33.3 Å². The van der Waals surface area contributed by atoms with Gasteiger partial charge in [0.15, 0.2) is 0 Å². The third-order valence-corrected chi connectivity index (χ3v) is 11.3. The predicted molar refractivity (Wildman–Crippen MR) is 218 cm³/mol. The molecule has 1 unspecified atom stereocenters. The normalized spacial score (nSPS) is 19.8. The maximum atomic E-state index is 14.4. The highest BCUT2D eigenvalue weighted by Crippen LogP contribution is 2.42. The van der Waals surface area contributed by atoms with Crippen molar-refractivity contribution in [3.63, 3.8) is 0 Å². The van der Waals surface area contributed by atoms with Gasteiger partial charge in [-0.2, -0.15) is 0 Å². The second-order valence-electron chi connectivity index (χ2n) is 16.5. The molecule has 2 aromatic carbocycles.